The Morgan fingerprint density at radius 1 is 1.36 bits per heavy atom. The number of methoxy groups -OCH3 is 1. The first-order valence-corrected chi connectivity index (χ1v) is 4.95. The Labute approximate surface area is 89.5 Å². The Balaban J connectivity index is 3.07. The molecule has 0 fully saturated rings. The summed E-state index contributed by atoms with van der Waals surface area (Å²) < 4.78 is 5.15. The molecule has 1 aromatic carbocycles. The molecule has 0 bridgehead atoms. The van der Waals surface area contributed by atoms with E-state index in [4.69, 9.17) is 16.3 Å². The number of aliphatic hydroxyl groups is 1. The molecule has 0 aliphatic carbocycles. The summed E-state index contributed by atoms with van der Waals surface area (Å²) in [5, 5.41) is 10.5. The lowest BCUT2D eigenvalue weighted by atomic mass is 9.98. The van der Waals surface area contributed by atoms with Crippen molar-refractivity contribution in [3.8, 4) is 5.75 Å². The lowest BCUT2D eigenvalue weighted by Crippen LogP contribution is -2.07. The quantitative estimate of drug-likeness (QED) is 0.838. The van der Waals surface area contributed by atoms with Crippen molar-refractivity contribution in [3.63, 3.8) is 0 Å². The van der Waals surface area contributed by atoms with Crippen molar-refractivity contribution in [2.24, 2.45) is 5.92 Å². The van der Waals surface area contributed by atoms with Gasteiger partial charge in [-0.25, -0.2) is 0 Å². The first-order valence-electron chi connectivity index (χ1n) is 4.57. The van der Waals surface area contributed by atoms with Gasteiger partial charge in [0.25, 0.3) is 0 Å². The van der Waals surface area contributed by atoms with Crippen LogP contribution < -0.4 is 4.74 Å². The predicted molar refractivity (Wildman–Crippen MR) is 57.8 cm³/mol. The maximum atomic E-state index is 9.88. The van der Waals surface area contributed by atoms with E-state index in [0.29, 0.717) is 10.8 Å². The van der Waals surface area contributed by atoms with Gasteiger partial charge in [-0.1, -0.05) is 31.5 Å². The number of ether oxygens (including phenoxy) is 1. The standard InChI is InChI=1S/C11H15ClO2/c1-7(2)11(13)9-5-4-8(12)6-10(9)14-3/h4-7,11,13H,1-3H3. The van der Waals surface area contributed by atoms with Crippen LogP contribution in [0.3, 0.4) is 0 Å². The lowest BCUT2D eigenvalue weighted by Gasteiger charge is -2.17. The summed E-state index contributed by atoms with van der Waals surface area (Å²) in [6.07, 6.45) is -0.512. The highest BCUT2D eigenvalue weighted by Gasteiger charge is 2.16. The largest absolute Gasteiger partial charge is 0.496 e. The SMILES string of the molecule is COc1cc(Cl)ccc1C(O)C(C)C. The van der Waals surface area contributed by atoms with Gasteiger partial charge in [-0.2, -0.15) is 0 Å². The fourth-order valence-electron chi connectivity index (χ4n) is 1.29. The molecule has 1 N–H and O–H groups in total. The molecule has 0 amide bonds. The van der Waals surface area contributed by atoms with E-state index in [1.807, 2.05) is 13.8 Å². The van der Waals surface area contributed by atoms with Crippen LogP contribution in [0.5, 0.6) is 5.75 Å². The van der Waals surface area contributed by atoms with E-state index >= 15 is 0 Å². The first kappa shape index (κ1) is 11.3. The van der Waals surface area contributed by atoms with Gasteiger partial charge >= 0.3 is 0 Å². The van der Waals surface area contributed by atoms with Crippen molar-refractivity contribution in [1.82, 2.24) is 0 Å². The second kappa shape index (κ2) is 4.67. The van der Waals surface area contributed by atoms with Crippen LogP contribution in [0.1, 0.15) is 25.5 Å². The summed E-state index contributed by atoms with van der Waals surface area (Å²) in [6, 6.07) is 5.26. The summed E-state index contributed by atoms with van der Waals surface area (Å²) >= 11 is 5.82. The maximum absolute atomic E-state index is 9.88. The lowest BCUT2D eigenvalue weighted by molar-refractivity contribution is 0.123. The van der Waals surface area contributed by atoms with Crippen LogP contribution in [0, 0.1) is 5.92 Å². The normalized spacial score (nSPS) is 13.0. The van der Waals surface area contributed by atoms with Crippen molar-refractivity contribution in [3.05, 3.63) is 28.8 Å². The van der Waals surface area contributed by atoms with Gasteiger partial charge in [0.05, 0.1) is 13.2 Å². The van der Waals surface area contributed by atoms with Gasteiger partial charge in [0.1, 0.15) is 5.75 Å². The molecule has 3 heteroatoms. The number of hydrogen-bond acceptors (Lipinski definition) is 2. The van der Waals surface area contributed by atoms with Gasteiger partial charge in [-0.3, -0.25) is 0 Å². The van der Waals surface area contributed by atoms with E-state index in [2.05, 4.69) is 0 Å². The highest BCUT2D eigenvalue weighted by atomic mass is 35.5. The molecule has 2 nitrogen and oxygen atoms in total. The van der Waals surface area contributed by atoms with E-state index in [0.717, 1.165) is 5.56 Å². The van der Waals surface area contributed by atoms with Crippen LogP contribution in [0.25, 0.3) is 0 Å². The molecular weight excluding hydrogens is 200 g/mol. The van der Waals surface area contributed by atoms with Crippen LogP contribution in [-0.4, -0.2) is 12.2 Å². The van der Waals surface area contributed by atoms with Crippen LogP contribution in [-0.2, 0) is 0 Å². The molecule has 0 radical (unpaired) electrons. The van der Waals surface area contributed by atoms with Crippen LogP contribution >= 0.6 is 11.6 Å². The molecule has 1 atom stereocenters. The molecule has 0 spiro atoms. The average Bonchev–Trinajstić information content (AvgIpc) is 2.16. The Morgan fingerprint density at radius 2 is 2.00 bits per heavy atom. The minimum absolute atomic E-state index is 0.157. The van der Waals surface area contributed by atoms with Gasteiger partial charge in [-0.05, 0) is 18.1 Å². The van der Waals surface area contributed by atoms with Crippen molar-refractivity contribution in [1.29, 1.82) is 0 Å². The molecule has 0 aliphatic rings. The van der Waals surface area contributed by atoms with Crippen molar-refractivity contribution in [2.75, 3.05) is 7.11 Å². The second-order valence-corrected chi connectivity index (χ2v) is 4.01. The Kier molecular flexibility index (Phi) is 3.78. The summed E-state index contributed by atoms with van der Waals surface area (Å²) in [5.41, 5.74) is 0.784. The minimum Gasteiger partial charge on any atom is -0.496 e. The van der Waals surface area contributed by atoms with Gasteiger partial charge < -0.3 is 9.84 Å². The van der Waals surface area contributed by atoms with Gasteiger partial charge in [0, 0.05) is 10.6 Å². The molecule has 1 rings (SSSR count). The zero-order chi connectivity index (χ0) is 10.7. The third-order valence-corrected chi connectivity index (χ3v) is 2.38. The predicted octanol–water partition coefficient (Wildman–Crippen LogP) is 3.04. The number of hydrogen-bond donors (Lipinski definition) is 1. The molecular formula is C11H15ClO2. The molecule has 1 aromatic rings. The van der Waals surface area contributed by atoms with Crippen LogP contribution in [0.4, 0.5) is 0 Å². The maximum Gasteiger partial charge on any atom is 0.126 e. The Morgan fingerprint density at radius 3 is 2.50 bits per heavy atom. The Bertz CT molecular complexity index is 310. The molecule has 1 unspecified atom stereocenters. The number of benzene rings is 1. The Hall–Kier alpha value is -0.730. The summed E-state index contributed by atoms with van der Waals surface area (Å²) in [6.45, 7) is 3.91. The van der Waals surface area contributed by atoms with E-state index in [9.17, 15) is 5.11 Å². The monoisotopic (exact) mass is 214 g/mol. The van der Waals surface area contributed by atoms with Crippen molar-refractivity contribution >= 4 is 11.6 Å². The van der Waals surface area contributed by atoms with Gasteiger partial charge in [-0.15, -0.1) is 0 Å². The first-order chi connectivity index (χ1) is 6.56. The average molecular weight is 215 g/mol. The minimum atomic E-state index is -0.512. The van der Waals surface area contributed by atoms with E-state index in [1.165, 1.54) is 0 Å². The third kappa shape index (κ3) is 2.40. The molecule has 0 aliphatic heterocycles. The van der Waals surface area contributed by atoms with Crippen molar-refractivity contribution < 1.29 is 9.84 Å². The fraction of sp³-hybridized carbons (Fsp3) is 0.455. The number of rotatable bonds is 3. The van der Waals surface area contributed by atoms with Crippen LogP contribution in [0.15, 0.2) is 18.2 Å². The highest BCUT2D eigenvalue weighted by Crippen LogP contribution is 2.31. The van der Waals surface area contributed by atoms with Crippen molar-refractivity contribution in [2.45, 2.75) is 20.0 Å². The second-order valence-electron chi connectivity index (χ2n) is 3.58. The molecule has 0 aromatic heterocycles. The summed E-state index contributed by atoms with van der Waals surface area (Å²) in [4.78, 5) is 0. The zero-order valence-electron chi connectivity index (χ0n) is 8.62. The number of halogens is 1. The van der Waals surface area contributed by atoms with Gasteiger partial charge in [0.2, 0.25) is 0 Å². The van der Waals surface area contributed by atoms with E-state index < -0.39 is 6.10 Å². The molecule has 0 saturated heterocycles. The topological polar surface area (TPSA) is 29.5 Å². The fourth-order valence-corrected chi connectivity index (χ4v) is 1.45. The summed E-state index contributed by atoms with van der Waals surface area (Å²) in [5.74, 6) is 0.795. The molecule has 14 heavy (non-hydrogen) atoms. The van der Waals surface area contributed by atoms with E-state index in [-0.39, 0.29) is 5.92 Å². The van der Waals surface area contributed by atoms with Crippen LogP contribution in [0.2, 0.25) is 5.02 Å². The third-order valence-electron chi connectivity index (χ3n) is 2.15. The van der Waals surface area contributed by atoms with E-state index in [1.54, 1.807) is 25.3 Å². The summed E-state index contributed by atoms with van der Waals surface area (Å²) in [7, 11) is 1.57. The molecule has 0 saturated carbocycles. The van der Waals surface area contributed by atoms with Gasteiger partial charge in [0.15, 0.2) is 0 Å². The number of aliphatic hydroxyl groups excluding tert-OH is 1. The highest BCUT2D eigenvalue weighted by molar-refractivity contribution is 6.30. The molecule has 0 heterocycles. The zero-order valence-corrected chi connectivity index (χ0v) is 9.38. The smallest absolute Gasteiger partial charge is 0.126 e. The molecule has 78 valence electrons.